The van der Waals surface area contributed by atoms with E-state index in [9.17, 15) is 9.59 Å². The number of likely N-dealkylation sites (N-methyl/N-ethyl adjacent to an activating group) is 1. The van der Waals surface area contributed by atoms with Crippen molar-refractivity contribution in [3.05, 3.63) is 29.3 Å². The first-order chi connectivity index (χ1) is 7.50. The lowest BCUT2D eigenvalue weighted by Crippen LogP contribution is -2.25. The molecular formula is C12H13NO3. The van der Waals surface area contributed by atoms with Gasteiger partial charge in [-0.25, -0.2) is 0 Å². The molecule has 1 N–H and O–H groups in total. The number of aryl methyl sites for hydroxylation is 1. The second kappa shape index (κ2) is 3.63. The standard InChI is InChI=1S/C12H13NO3/c1-7-3-4-10-8(5-7)9(6-11(14)15)12(16)13(10)2/h3-5,9H,6H2,1-2H3,(H,14,15)/t9-/m0/s1. The molecule has 2 rings (SSSR count). The smallest absolute Gasteiger partial charge is 0.304 e. The Hall–Kier alpha value is -1.84. The van der Waals surface area contributed by atoms with E-state index in [1.165, 1.54) is 4.90 Å². The fourth-order valence-corrected chi connectivity index (χ4v) is 2.12. The van der Waals surface area contributed by atoms with Gasteiger partial charge in [-0.1, -0.05) is 17.7 Å². The lowest BCUT2D eigenvalue weighted by molar-refractivity contribution is -0.139. The molecule has 0 spiro atoms. The molecule has 1 atom stereocenters. The minimum absolute atomic E-state index is 0.136. The molecule has 1 heterocycles. The number of carbonyl (C=O) groups is 2. The number of carboxylic acids is 1. The van der Waals surface area contributed by atoms with Crippen molar-refractivity contribution in [2.45, 2.75) is 19.3 Å². The van der Waals surface area contributed by atoms with E-state index >= 15 is 0 Å². The second-order valence-electron chi connectivity index (χ2n) is 4.11. The summed E-state index contributed by atoms with van der Waals surface area (Å²) in [7, 11) is 1.68. The van der Waals surface area contributed by atoms with Crippen molar-refractivity contribution in [2.24, 2.45) is 0 Å². The van der Waals surface area contributed by atoms with Crippen LogP contribution in [-0.4, -0.2) is 24.0 Å². The summed E-state index contributed by atoms with van der Waals surface area (Å²) < 4.78 is 0. The Morgan fingerprint density at radius 3 is 2.81 bits per heavy atom. The van der Waals surface area contributed by atoms with Gasteiger partial charge in [0.2, 0.25) is 5.91 Å². The van der Waals surface area contributed by atoms with Crippen molar-refractivity contribution >= 4 is 17.6 Å². The summed E-state index contributed by atoms with van der Waals surface area (Å²) in [6.07, 6.45) is -0.139. The summed E-state index contributed by atoms with van der Waals surface area (Å²) in [5.74, 6) is -1.61. The number of rotatable bonds is 2. The Morgan fingerprint density at radius 1 is 1.50 bits per heavy atom. The molecule has 1 aliphatic rings. The first kappa shape index (κ1) is 10.7. The highest BCUT2D eigenvalue weighted by Gasteiger charge is 2.36. The van der Waals surface area contributed by atoms with Gasteiger partial charge in [0.25, 0.3) is 0 Å². The Labute approximate surface area is 93.5 Å². The maximum absolute atomic E-state index is 11.9. The number of fused-ring (bicyclic) bond motifs is 1. The van der Waals surface area contributed by atoms with E-state index < -0.39 is 11.9 Å². The molecule has 0 saturated heterocycles. The number of carbonyl (C=O) groups excluding carboxylic acids is 1. The van der Waals surface area contributed by atoms with Gasteiger partial charge in [0.1, 0.15) is 0 Å². The van der Waals surface area contributed by atoms with E-state index in [-0.39, 0.29) is 12.3 Å². The number of benzene rings is 1. The average Bonchev–Trinajstić information content (AvgIpc) is 2.43. The average molecular weight is 219 g/mol. The largest absolute Gasteiger partial charge is 0.481 e. The fraction of sp³-hybridized carbons (Fsp3) is 0.333. The zero-order valence-electron chi connectivity index (χ0n) is 9.23. The van der Waals surface area contributed by atoms with E-state index in [1.54, 1.807) is 7.05 Å². The van der Waals surface area contributed by atoms with Crippen molar-refractivity contribution in [2.75, 3.05) is 11.9 Å². The number of carboxylic acid groups (broad SMARTS) is 1. The van der Waals surface area contributed by atoms with E-state index in [1.807, 2.05) is 25.1 Å². The minimum Gasteiger partial charge on any atom is -0.481 e. The molecular weight excluding hydrogens is 206 g/mol. The number of hydrogen-bond acceptors (Lipinski definition) is 2. The first-order valence-electron chi connectivity index (χ1n) is 5.10. The molecule has 0 aliphatic carbocycles. The van der Waals surface area contributed by atoms with Crippen LogP contribution in [0.3, 0.4) is 0 Å². The van der Waals surface area contributed by atoms with Crippen LogP contribution in [-0.2, 0) is 9.59 Å². The Morgan fingerprint density at radius 2 is 2.19 bits per heavy atom. The molecule has 0 unspecified atom stereocenters. The molecule has 84 valence electrons. The molecule has 0 saturated carbocycles. The number of amides is 1. The van der Waals surface area contributed by atoms with Crippen LogP contribution in [0.25, 0.3) is 0 Å². The van der Waals surface area contributed by atoms with Crippen LogP contribution in [0, 0.1) is 6.92 Å². The van der Waals surface area contributed by atoms with Gasteiger partial charge < -0.3 is 10.0 Å². The van der Waals surface area contributed by atoms with Crippen LogP contribution in [0.2, 0.25) is 0 Å². The van der Waals surface area contributed by atoms with Crippen LogP contribution in [0.15, 0.2) is 18.2 Å². The van der Waals surface area contributed by atoms with Gasteiger partial charge in [0, 0.05) is 12.7 Å². The van der Waals surface area contributed by atoms with Gasteiger partial charge in [0.05, 0.1) is 12.3 Å². The number of aliphatic carboxylic acids is 1. The first-order valence-corrected chi connectivity index (χ1v) is 5.10. The second-order valence-corrected chi connectivity index (χ2v) is 4.11. The van der Waals surface area contributed by atoms with Crippen LogP contribution >= 0.6 is 0 Å². The third-order valence-corrected chi connectivity index (χ3v) is 2.93. The van der Waals surface area contributed by atoms with Gasteiger partial charge in [-0.2, -0.15) is 0 Å². The van der Waals surface area contributed by atoms with E-state index in [2.05, 4.69) is 0 Å². The molecule has 16 heavy (non-hydrogen) atoms. The molecule has 1 aromatic carbocycles. The molecule has 0 fully saturated rings. The summed E-state index contributed by atoms with van der Waals surface area (Å²) in [5, 5.41) is 8.80. The van der Waals surface area contributed by atoms with Gasteiger partial charge in [-0.3, -0.25) is 9.59 Å². The topological polar surface area (TPSA) is 57.6 Å². The van der Waals surface area contributed by atoms with Crippen molar-refractivity contribution in [1.29, 1.82) is 0 Å². The van der Waals surface area contributed by atoms with Crippen molar-refractivity contribution in [3.63, 3.8) is 0 Å². The summed E-state index contributed by atoms with van der Waals surface area (Å²) in [6, 6.07) is 5.68. The molecule has 1 amide bonds. The SMILES string of the molecule is Cc1ccc2c(c1)[C@H](CC(=O)O)C(=O)N2C. The minimum atomic E-state index is -0.943. The third-order valence-electron chi connectivity index (χ3n) is 2.93. The van der Waals surface area contributed by atoms with Crippen LogP contribution in [0.4, 0.5) is 5.69 Å². The monoisotopic (exact) mass is 219 g/mol. The summed E-state index contributed by atoms with van der Waals surface area (Å²) in [6.45, 7) is 1.93. The molecule has 0 bridgehead atoms. The fourth-order valence-electron chi connectivity index (χ4n) is 2.12. The molecule has 1 aliphatic heterocycles. The highest BCUT2D eigenvalue weighted by molar-refractivity contribution is 6.06. The van der Waals surface area contributed by atoms with Crippen LogP contribution in [0.1, 0.15) is 23.5 Å². The van der Waals surface area contributed by atoms with Crippen LogP contribution < -0.4 is 4.90 Å². The number of anilines is 1. The van der Waals surface area contributed by atoms with Gasteiger partial charge in [0.15, 0.2) is 0 Å². The van der Waals surface area contributed by atoms with E-state index in [0.29, 0.717) is 0 Å². The third kappa shape index (κ3) is 1.56. The van der Waals surface area contributed by atoms with Crippen molar-refractivity contribution in [1.82, 2.24) is 0 Å². The van der Waals surface area contributed by atoms with Gasteiger partial charge in [-0.05, 0) is 18.6 Å². The summed E-state index contributed by atoms with van der Waals surface area (Å²) in [5.41, 5.74) is 2.69. The Bertz CT molecular complexity index is 467. The number of nitrogens with zero attached hydrogens (tertiary/aromatic N) is 1. The lowest BCUT2D eigenvalue weighted by atomic mass is 9.96. The quantitative estimate of drug-likeness (QED) is 0.820. The normalized spacial score (nSPS) is 18.8. The zero-order valence-corrected chi connectivity index (χ0v) is 9.23. The van der Waals surface area contributed by atoms with E-state index in [0.717, 1.165) is 16.8 Å². The van der Waals surface area contributed by atoms with E-state index in [4.69, 9.17) is 5.11 Å². The summed E-state index contributed by atoms with van der Waals surface area (Å²) in [4.78, 5) is 24.1. The molecule has 4 heteroatoms. The molecule has 0 aromatic heterocycles. The Balaban J connectivity index is 2.47. The zero-order chi connectivity index (χ0) is 11.9. The van der Waals surface area contributed by atoms with Crippen LogP contribution in [0.5, 0.6) is 0 Å². The maximum Gasteiger partial charge on any atom is 0.304 e. The van der Waals surface area contributed by atoms with Gasteiger partial charge >= 0.3 is 5.97 Å². The number of hydrogen-bond donors (Lipinski definition) is 1. The Kier molecular flexibility index (Phi) is 2.42. The predicted molar refractivity (Wildman–Crippen MR) is 59.6 cm³/mol. The highest BCUT2D eigenvalue weighted by atomic mass is 16.4. The molecule has 4 nitrogen and oxygen atoms in total. The van der Waals surface area contributed by atoms with Crippen molar-refractivity contribution in [3.8, 4) is 0 Å². The molecule has 1 aromatic rings. The lowest BCUT2D eigenvalue weighted by Gasteiger charge is -2.09. The molecule has 0 radical (unpaired) electrons. The van der Waals surface area contributed by atoms with Crippen molar-refractivity contribution < 1.29 is 14.7 Å². The van der Waals surface area contributed by atoms with Gasteiger partial charge in [-0.15, -0.1) is 0 Å². The predicted octanol–water partition coefficient (Wildman–Crippen LogP) is 1.53. The highest BCUT2D eigenvalue weighted by Crippen LogP contribution is 2.38. The summed E-state index contributed by atoms with van der Waals surface area (Å²) >= 11 is 0. The maximum atomic E-state index is 11.9.